The molecule has 1 aliphatic rings. The Morgan fingerprint density at radius 1 is 1.11 bits per heavy atom. The Bertz CT molecular complexity index is 1580. The van der Waals surface area contributed by atoms with Gasteiger partial charge in [-0.1, -0.05) is 18.2 Å². The lowest BCUT2D eigenvalue weighted by Gasteiger charge is -2.20. The van der Waals surface area contributed by atoms with Crippen LogP contribution in [0.4, 0.5) is 0 Å². The summed E-state index contributed by atoms with van der Waals surface area (Å²) in [7, 11) is 3.55. The summed E-state index contributed by atoms with van der Waals surface area (Å²) in [6, 6.07) is 14.8. The van der Waals surface area contributed by atoms with Gasteiger partial charge in [0.2, 0.25) is 0 Å². The van der Waals surface area contributed by atoms with E-state index in [4.69, 9.17) is 14.8 Å². The Balaban J connectivity index is 1.46. The highest BCUT2D eigenvalue weighted by molar-refractivity contribution is 6.07. The maximum Gasteiger partial charge on any atom is 0.253 e. The molecule has 0 aliphatic heterocycles. The first kappa shape index (κ1) is 22.9. The molecule has 1 unspecified atom stereocenters. The van der Waals surface area contributed by atoms with Crippen molar-refractivity contribution in [3.8, 4) is 11.6 Å². The molecule has 1 N–H and O–H groups in total. The van der Waals surface area contributed by atoms with Gasteiger partial charge in [-0.05, 0) is 55.7 Å². The molecule has 1 atom stereocenters. The van der Waals surface area contributed by atoms with Crippen molar-refractivity contribution in [2.75, 3.05) is 7.11 Å². The third-order valence-electron chi connectivity index (χ3n) is 6.78. The summed E-state index contributed by atoms with van der Waals surface area (Å²) in [5.41, 5.74) is 3.73. The van der Waals surface area contributed by atoms with E-state index < -0.39 is 6.04 Å². The lowest BCUT2D eigenvalue weighted by molar-refractivity contribution is 0.0942. The summed E-state index contributed by atoms with van der Waals surface area (Å²) in [5, 5.41) is 8.69. The Kier molecular flexibility index (Phi) is 5.67. The minimum atomic E-state index is -0.461. The fourth-order valence-electron chi connectivity index (χ4n) is 4.67. The van der Waals surface area contributed by atoms with Crippen molar-refractivity contribution in [2.45, 2.75) is 31.7 Å². The number of benzene rings is 1. The van der Waals surface area contributed by atoms with Crippen molar-refractivity contribution < 1.29 is 9.53 Å². The molecule has 4 heterocycles. The van der Waals surface area contributed by atoms with Crippen molar-refractivity contribution >= 4 is 16.9 Å². The Morgan fingerprint density at radius 3 is 2.57 bits per heavy atom. The molecule has 9 heteroatoms. The molecule has 1 fully saturated rings. The second-order valence-electron chi connectivity index (χ2n) is 9.33. The fraction of sp³-hybridized carbons (Fsp3) is 0.250. The predicted molar refractivity (Wildman–Crippen MR) is 139 cm³/mol. The summed E-state index contributed by atoms with van der Waals surface area (Å²) in [6.07, 6.45) is 7.46. The van der Waals surface area contributed by atoms with Crippen LogP contribution in [0.25, 0.3) is 16.9 Å². The molecule has 0 spiro atoms. The number of carbonyl (C=O) groups excluding carboxylic acids is 1. The zero-order valence-corrected chi connectivity index (χ0v) is 20.9. The summed E-state index contributed by atoms with van der Waals surface area (Å²) in [6.45, 7) is 1.90. The average molecular weight is 494 g/mol. The number of ether oxygens (including phenoxy) is 1. The van der Waals surface area contributed by atoms with Crippen LogP contribution in [-0.2, 0) is 7.05 Å². The minimum Gasteiger partial charge on any atom is -0.497 e. The van der Waals surface area contributed by atoms with Gasteiger partial charge in [-0.25, -0.2) is 15.0 Å². The van der Waals surface area contributed by atoms with Crippen LogP contribution in [0.1, 0.15) is 57.9 Å². The summed E-state index contributed by atoms with van der Waals surface area (Å²) < 4.78 is 8.97. The van der Waals surface area contributed by atoms with Crippen LogP contribution in [0.2, 0.25) is 0 Å². The predicted octanol–water partition coefficient (Wildman–Crippen LogP) is 4.26. The molecule has 0 saturated heterocycles. The maximum absolute atomic E-state index is 14.0. The van der Waals surface area contributed by atoms with Crippen LogP contribution in [0.3, 0.4) is 0 Å². The zero-order valence-electron chi connectivity index (χ0n) is 20.9. The number of amides is 1. The molecule has 5 aromatic rings. The van der Waals surface area contributed by atoms with Crippen molar-refractivity contribution in [3.05, 3.63) is 95.5 Å². The normalized spacial score (nSPS) is 14.0. The molecule has 6 rings (SSSR count). The highest BCUT2D eigenvalue weighted by Gasteiger charge is 2.30. The van der Waals surface area contributed by atoms with Gasteiger partial charge in [0, 0.05) is 37.3 Å². The first-order chi connectivity index (χ1) is 18.0. The molecular formula is C28H27N7O2. The van der Waals surface area contributed by atoms with E-state index >= 15 is 0 Å². The molecule has 0 radical (unpaired) electrons. The molecular weight excluding hydrogens is 466 g/mol. The number of hydrogen-bond donors (Lipinski definition) is 1. The van der Waals surface area contributed by atoms with Gasteiger partial charge in [0.15, 0.2) is 11.5 Å². The minimum absolute atomic E-state index is 0.207. The van der Waals surface area contributed by atoms with E-state index in [1.54, 1.807) is 24.2 Å². The number of fused-ring (bicyclic) bond motifs is 1. The number of aryl methyl sites for hydroxylation is 2. The van der Waals surface area contributed by atoms with Crippen LogP contribution < -0.4 is 10.1 Å². The Hall–Kier alpha value is -4.53. The molecule has 186 valence electrons. The second kappa shape index (κ2) is 9.16. The molecule has 1 saturated carbocycles. The first-order valence-electron chi connectivity index (χ1n) is 12.3. The number of hydrogen-bond acceptors (Lipinski definition) is 6. The van der Waals surface area contributed by atoms with Gasteiger partial charge in [-0.3, -0.25) is 4.79 Å². The zero-order chi connectivity index (χ0) is 25.5. The van der Waals surface area contributed by atoms with Crippen LogP contribution in [0, 0.1) is 6.92 Å². The number of aromatic nitrogens is 6. The van der Waals surface area contributed by atoms with Crippen molar-refractivity contribution in [1.82, 2.24) is 34.6 Å². The molecule has 37 heavy (non-hydrogen) atoms. The molecule has 1 aliphatic carbocycles. The standard InChI is InChI=1S/C28H27N7O2/c1-17-24-21(16-22(18-7-8-18)31-26(24)35(33-17)23-6-4-5-13-29-23)28(36)32-25(27-30-14-15-34(27)2)19-9-11-20(37-3)12-10-19/h4-6,9-16,18,25H,7-8H2,1-3H3,(H,32,36). The van der Waals surface area contributed by atoms with Crippen LogP contribution in [-0.4, -0.2) is 42.3 Å². The number of rotatable bonds is 7. The number of nitrogens with zero attached hydrogens (tertiary/aromatic N) is 6. The fourth-order valence-corrected chi connectivity index (χ4v) is 4.67. The van der Waals surface area contributed by atoms with Gasteiger partial charge in [0.25, 0.3) is 5.91 Å². The third kappa shape index (κ3) is 4.22. The van der Waals surface area contributed by atoms with Gasteiger partial charge in [-0.15, -0.1) is 0 Å². The number of imidazole rings is 1. The third-order valence-corrected chi connectivity index (χ3v) is 6.78. The number of pyridine rings is 2. The quantitative estimate of drug-likeness (QED) is 0.364. The Morgan fingerprint density at radius 2 is 1.92 bits per heavy atom. The van der Waals surface area contributed by atoms with Gasteiger partial charge < -0.3 is 14.6 Å². The van der Waals surface area contributed by atoms with E-state index in [0.29, 0.717) is 22.9 Å². The van der Waals surface area contributed by atoms with E-state index in [2.05, 4.69) is 15.3 Å². The summed E-state index contributed by atoms with van der Waals surface area (Å²) >= 11 is 0. The van der Waals surface area contributed by atoms with E-state index in [0.717, 1.165) is 46.8 Å². The maximum atomic E-state index is 14.0. The molecule has 0 bridgehead atoms. The lowest BCUT2D eigenvalue weighted by atomic mass is 10.0. The molecule has 9 nitrogen and oxygen atoms in total. The monoisotopic (exact) mass is 493 g/mol. The number of carbonyl (C=O) groups is 1. The lowest BCUT2D eigenvalue weighted by Crippen LogP contribution is -2.31. The average Bonchev–Trinajstić information content (AvgIpc) is 3.62. The highest BCUT2D eigenvalue weighted by atomic mass is 16.5. The van der Waals surface area contributed by atoms with E-state index in [-0.39, 0.29) is 5.91 Å². The topological polar surface area (TPSA) is 99.8 Å². The van der Waals surface area contributed by atoms with Crippen LogP contribution >= 0.6 is 0 Å². The van der Waals surface area contributed by atoms with Crippen molar-refractivity contribution in [2.24, 2.45) is 7.05 Å². The van der Waals surface area contributed by atoms with Crippen LogP contribution in [0.15, 0.2) is 67.1 Å². The van der Waals surface area contributed by atoms with Crippen LogP contribution in [0.5, 0.6) is 5.75 Å². The first-order valence-corrected chi connectivity index (χ1v) is 12.3. The number of nitrogens with one attached hydrogen (secondary N) is 1. The summed E-state index contributed by atoms with van der Waals surface area (Å²) in [5.74, 6) is 2.29. The van der Waals surface area contributed by atoms with Gasteiger partial charge in [0.05, 0.1) is 23.8 Å². The Labute approximate surface area is 214 Å². The van der Waals surface area contributed by atoms with Gasteiger partial charge >= 0.3 is 0 Å². The number of methoxy groups -OCH3 is 1. The van der Waals surface area contributed by atoms with E-state index in [1.165, 1.54) is 0 Å². The van der Waals surface area contributed by atoms with E-state index in [1.807, 2.05) is 73.3 Å². The molecule has 1 aromatic carbocycles. The van der Waals surface area contributed by atoms with Gasteiger partial charge in [0.1, 0.15) is 17.6 Å². The SMILES string of the molecule is COc1ccc(C(NC(=O)c2cc(C3CC3)nc3c2c(C)nn3-c2ccccn2)c2nccn2C)cc1. The highest BCUT2D eigenvalue weighted by Crippen LogP contribution is 2.41. The second-order valence-corrected chi connectivity index (χ2v) is 9.33. The molecule has 4 aromatic heterocycles. The smallest absolute Gasteiger partial charge is 0.253 e. The van der Waals surface area contributed by atoms with Gasteiger partial charge in [-0.2, -0.15) is 9.78 Å². The molecule has 1 amide bonds. The van der Waals surface area contributed by atoms with Crippen molar-refractivity contribution in [1.29, 1.82) is 0 Å². The largest absolute Gasteiger partial charge is 0.497 e. The summed E-state index contributed by atoms with van der Waals surface area (Å²) in [4.78, 5) is 28.0. The van der Waals surface area contributed by atoms with Crippen molar-refractivity contribution in [3.63, 3.8) is 0 Å². The van der Waals surface area contributed by atoms with E-state index in [9.17, 15) is 4.79 Å².